The van der Waals surface area contributed by atoms with Crippen molar-refractivity contribution in [2.24, 2.45) is 5.92 Å². The molecule has 1 aromatic heterocycles. The van der Waals surface area contributed by atoms with Crippen molar-refractivity contribution in [1.29, 1.82) is 0 Å². The number of alkyl carbamates (subject to hydrolysis) is 1. The van der Waals surface area contributed by atoms with E-state index >= 15 is 0 Å². The lowest BCUT2D eigenvalue weighted by Crippen LogP contribution is -2.41. The van der Waals surface area contributed by atoms with Crippen LogP contribution < -0.4 is 10.2 Å². The molecule has 0 radical (unpaired) electrons. The molecule has 2 aromatic carbocycles. The zero-order chi connectivity index (χ0) is 22.7. The van der Waals surface area contributed by atoms with Gasteiger partial charge in [0.25, 0.3) is 0 Å². The van der Waals surface area contributed by atoms with Gasteiger partial charge in [0.05, 0.1) is 17.6 Å². The Balaban J connectivity index is 1.45. The third kappa shape index (κ3) is 5.39. The highest BCUT2D eigenvalue weighted by atomic mass is 19.1. The lowest BCUT2D eigenvalue weighted by atomic mass is 9.97. The van der Waals surface area contributed by atoms with Crippen LogP contribution in [0, 0.1) is 11.7 Å². The topological polar surface area (TPSA) is 59.4 Å². The van der Waals surface area contributed by atoms with E-state index in [2.05, 4.69) is 20.9 Å². The molecule has 0 unspecified atom stereocenters. The summed E-state index contributed by atoms with van der Waals surface area (Å²) in [6.45, 7) is 8.47. The number of hydrogen-bond acceptors (Lipinski definition) is 4. The van der Waals surface area contributed by atoms with Crippen molar-refractivity contribution in [2.75, 3.05) is 24.5 Å². The summed E-state index contributed by atoms with van der Waals surface area (Å²) in [5.74, 6) is 1.08. The Labute approximate surface area is 188 Å². The minimum absolute atomic E-state index is 0.230. The SMILES string of the molecule is CC(C)(C)OC(=O)NCC1CCN(c2nc3ccccc3n2Cc2cccc(F)c2)CC1. The number of hydrogen-bond donors (Lipinski definition) is 1. The molecule has 1 saturated heterocycles. The first kappa shape index (κ1) is 22.1. The number of rotatable bonds is 5. The van der Waals surface area contributed by atoms with E-state index in [9.17, 15) is 9.18 Å². The molecule has 0 bridgehead atoms. The second-order valence-corrected chi connectivity index (χ2v) is 9.43. The Morgan fingerprint density at radius 2 is 1.91 bits per heavy atom. The molecule has 1 aliphatic rings. The highest BCUT2D eigenvalue weighted by Gasteiger charge is 2.25. The molecule has 32 heavy (non-hydrogen) atoms. The molecule has 0 aliphatic carbocycles. The first-order chi connectivity index (χ1) is 15.3. The van der Waals surface area contributed by atoms with Crippen LogP contribution in [0.2, 0.25) is 0 Å². The van der Waals surface area contributed by atoms with E-state index in [1.807, 2.05) is 45.0 Å². The lowest BCUT2D eigenvalue weighted by molar-refractivity contribution is 0.0516. The average molecular weight is 439 g/mol. The highest BCUT2D eigenvalue weighted by Crippen LogP contribution is 2.28. The Morgan fingerprint density at radius 3 is 2.62 bits per heavy atom. The molecule has 6 nitrogen and oxygen atoms in total. The van der Waals surface area contributed by atoms with Crippen molar-refractivity contribution in [3.63, 3.8) is 0 Å². The summed E-state index contributed by atoms with van der Waals surface area (Å²) in [5, 5.41) is 2.90. The molecule has 1 amide bonds. The summed E-state index contributed by atoms with van der Waals surface area (Å²) in [5.41, 5.74) is 2.40. The van der Waals surface area contributed by atoms with Crippen molar-refractivity contribution >= 4 is 23.1 Å². The van der Waals surface area contributed by atoms with Crippen LogP contribution in [0.4, 0.5) is 15.1 Å². The van der Waals surface area contributed by atoms with Crippen LogP contribution >= 0.6 is 0 Å². The number of aromatic nitrogens is 2. The largest absolute Gasteiger partial charge is 0.444 e. The van der Waals surface area contributed by atoms with Crippen LogP contribution in [-0.2, 0) is 11.3 Å². The van der Waals surface area contributed by atoms with Crippen molar-refractivity contribution in [2.45, 2.75) is 45.8 Å². The standard InChI is InChI=1S/C25H31FN4O2/c1-25(2,3)32-24(31)27-16-18-11-13-29(14-12-18)23-28-21-9-4-5-10-22(21)30(23)17-19-7-6-8-20(26)15-19/h4-10,15,18H,11-14,16-17H2,1-3H3,(H,27,31). The smallest absolute Gasteiger partial charge is 0.407 e. The molecule has 1 N–H and O–H groups in total. The third-order valence-electron chi connectivity index (χ3n) is 5.70. The Hall–Kier alpha value is -3.09. The maximum absolute atomic E-state index is 13.8. The van der Waals surface area contributed by atoms with Gasteiger partial charge in [-0.3, -0.25) is 0 Å². The number of nitrogens with one attached hydrogen (secondary N) is 1. The number of imidazole rings is 1. The Kier molecular flexibility index (Phi) is 6.35. The molecule has 1 fully saturated rings. The van der Waals surface area contributed by atoms with Crippen LogP contribution in [0.15, 0.2) is 48.5 Å². The van der Waals surface area contributed by atoms with E-state index in [4.69, 9.17) is 9.72 Å². The first-order valence-electron chi connectivity index (χ1n) is 11.2. The van der Waals surface area contributed by atoms with E-state index in [0.717, 1.165) is 48.5 Å². The fraction of sp³-hybridized carbons (Fsp3) is 0.440. The maximum atomic E-state index is 13.8. The molecule has 4 rings (SSSR count). The van der Waals surface area contributed by atoms with Crippen molar-refractivity contribution < 1.29 is 13.9 Å². The molecular weight excluding hydrogens is 407 g/mol. The molecule has 1 aliphatic heterocycles. The van der Waals surface area contributed by atoms with Crippen LogP contribution in [0.25, 0.3) is 11.0 Å². The normalized spacial score (nSPS) is 15.2. The summed E-state index contributed by atoms with van der Waals surface area (Å²) in [6, 6.07) is 14.8. The molecule has 0 atom stereocenters. The number of ether oxygens (including phenoxy) is 1. The van der Waals surface area contributed by atoms with Crippen LogP contribution in [0.1, 0.15) is 39.2 Å². The van der Waals surface area contributed by atoms with Crippen LogP contribution in [0.5, 0.6) is 0 Å². The number of nitrogens with zero attached hydrogens (tertiary/aromatic N) is 3. The fourth-order valence-corrected chi connectivity index (χ4v) is 4.16. The van der Waals surface area contributed by atoms with Gasteiger partial charge >= 0.3 is 6.09 Å². The van der Waals surface area contributed by atoms with Crippen LogP contribution in [0.3, 0.4) is 0 Å². The first-order valence-corrected chi connectivity index (χ1v) is 11.2. The van der Waals surface area contributed by atoms with Gasteiger partial charge in [-0.05, 0) is 69.4 Å². The van der Waals surface area contributed by atoms with Gasteiger partial charge in [-0.1, -0.05) is 24.3 Å². The molecule has 0 spiro atoms. The molecule has 2 heterocycles. The van der Waals surface area contributed by atoms with E-state index < -0.39 is 5.60 Å². The molecule has 3 aromatic rings. The van der Waals surface area contributed by atoms with Crippen LogP contribution in [-0.4, -0.2) is 40.9 Å². The number of amides is 1. The van der Waals surface area contributed by atoms with Crippen molar-refractivity contribution in [3.8, 4) is 0 Å². The molecule has 170 valence electrons. The van der Waals surface area contributed by atoms with Gasteiger partial charge in [0.15, 0.2) is 0 Å². The number of fused-ring (bicyclic) bond motifs is 1. The summed E-state index contributed by atoms with van der Waals surface area (Å²) in [6.07, 6.45) is 1.55. The number of para-hydroxylation sites is 2. The van der Waals surface area contributed by atoms with Crippen molar-refractivity contribution in [3.05, 3.63) is 59.9 Å². The van der Waals surface area contributed by atoms with Gasteiger partial charge in [0.2, 0.25) is 5.95 Å². The second kappa shape index (κ2) is 9.18. The number of halogens is 1. The van der Waals surface area contributed by atoms with Crippen molar-refractivity contribution in [1.82, 2.24) is 14.9 Å². The molecular formula is C25H31FN4O2. The van der Waals surface area contributed by atoms with E-state index in [1.54, 1.807) is 12.1 Å². The average Bonchev–Trinajstić information content (AvgIpc) is 3.10. The summed E-state index contributed by atoms with van der Waals surface area (Å²) < 4.78 is 21.3. The highest BCUT2D eigenvalue weighted by molar-refractivity contribution is 5.79. The van der Waals surface area contributed by atoms with Gasteiger partial charge in [-0.25, -0.2) is 14.2 Å². The monoisotopic (exact) mass is 438 g/mol. The number of piperidine rings is 1. The van der Waals surface area contributed by atoms with Gasteiger partial charge < -0.3 is 19.5 Å². The summed E-state index contributed by atoms with van der Waals surface area (Å²) >= 11 is 0. The van der Waals surface area contributed by atoms with E-state index in [0.29, 0.717) is 19.0 Å². The summed E-state index contributed by atoms with van der Waals surface area (Å²) in [7, 11) is 0. The number of carbonyl (C=O) groups excluding carboxylic acids is 1. The number of carbonyl (C=O) groups is 1. The maximum Gasteiger partial charge on any atom is 0.407 e. The molecule has 7 heteroatoms. The van der Waals surface area contributed by atoms with Gasteiger partial charge in [-0.15, -0.1) is 0 Å². The van der Waals surface area contributed by atoms with Gasteiger partial charge in [0.1, 0.15) is 11.4 Å². The second-order valence-electron chi connectivity index (χ2n) is 9.43. The minimum Gasteiger partial charge on any atom is -0.444 e. The van der Waals surface area contributed by atoms with Gasteiger partial charge in [0, 0.05) is 19.6 Å². The molecule has 0 saturated carbocycles. The summed E-state index contributed by atoms with van der Waals surface area (Å²) in [4.78, 5) is 19.1. The number of anilines is 1. The Morgan fingerprint density at radius 1 is 1.16 bits per heavy atom. The third-order valence-corrected chi connectivity index (χ3v) is 5.70. The Bertz CT molecular complexity index is 1080. The zero-order valence-electron chi connectivity index (χ0n) is 19.0. The predicted molar refractivity (Wildman–Crippen MR) is 124 cm³/mol. The zero-order valence-corrected chi connectivity index (χ0v) is 19.0. The fourth-order valence-electron chi connectivity index (χ4n) is 4.16. The van der Waals surface area contributed by atoms with E-state index in [1.165, 1.54) is 6.07 Å². The number of benzene rings is 2. The quantitative estimate of drug-likeness (QED) is 0.611. The minimum atomic E-state index is -0.492. The van der Waals surface area contributed by atoms with E-state index in [-0.39, 0.29) is 11.9 Å². The van der Waals surface area contributed by atoms with Gasteiger partial charge in [-0.2, -0.15) is 0 Å². The predicted octanol–water partition coefficient (Wildman–Crippen LogP) is 4.96. The lowest BCUT2D eigenvalue weighted by Gasteiger charge is -2.33.